The molecule has 0 saturated heterocycles. The van der Waals surface area contributed by atoms with Gasteiger partial charge in [-0.25, -0.2) is 0 Å². The van der Waals surface area contributed by atoms with E-state index in [1.54, 1.807) is 38.2 Å². The zero-order chi connectivity index (χ0) is 39.9. The molecule has 0 unspecified atom stereocenters. The SMILES string of the molecule is COC(=O)CCC1=C(C)C2=NC1=Cc1c(CCC(=O)OC)c(C)c3[n]1[Sn]([F])([F])[n]1c(c(C)c(CCC(=O)OC)c1=CC1=NC(=C3)C(CCC(=O)OC)=C1C)=C2. The van der Waals surface area contributed by atoms with Gasteiger partial charge in [0.1, 0.15) is 0 Å². The third-order valence-corrected chi connectivity index (χ3v) is 16.7. The van der Waals surface area contributed by atoms with Gasteiger partial charge in [-0.05, 0) is 0 Å². The number of carbonyl (C=O) groups excluding carboxylic acids is 4. The summed E-state index contributed by atoms with van der Waals surface area (Å²) in [5, 5.41) is 0.494. The summed E-state index contributed by atoms with van der Waals surface area (Å²) in [7, 11) is 5.19. The van der Waals surface area contributed by atoms with Crippen molar-refractivity contribution in [2.24, 2.45) is 9.98 Å². The van der Waals surface area contributed by atoms with Crippen LogP contribution in [0.1, 0.15) is 86.0 Å². The minimum atomic E-state index is -7.00. The minimum absolute atomic E-state index is 0.0420. The zero-order valence-corrected chi connectivity index (χ0v) is 35.1. The molecular weight excluding hydrogens is 821 g/mol. The Hall–Kier alpha value is -4.86. The Morgan fingerprint density at radius 1 is 0.564 bits per heavy atom. The van der Waals surface area contributed by atoms with Crippen LogP contribution in [0.5, 0.6) is 0 Å². The fourth-order valence-electron chi connectivity index (χ4n) is 7.76. The van der Waals surface area contributed by atoms with E-state index in [0.29, 0.717) is 50.6 Å². The van der Waals surface area contributed by atoms with Gasteiger partial charge in [0, 0.05) is 0 Å². The topological polar surface area (TPSA) is 140 Å². The molecule has 0 spiro atoms. The number of hydrogen-bond donors (Lipinski definition) is 0. The molecule has 4 aliphatic rings. The fraction of sp³-hybridized carbons (Fsp3) is 0.400. The Balaban J connectivity index is 1.78. The molecule has 0 amide bonds. The maximum absolute atomic E-state index is 18.5. The van der Waals surface area contributed by atoms with Crippen LogP contribution in [0, 0.1) is 13.8 Å². The van der Waals surface area contributed by atoms with Crippen molar-refractivity contribution in [1.29, 1.82) is 0 Å². The summed E-state index contributed by atoms with van der Waals surface area (Å²) in [6.45, 7) is 7.26. The number of rotatable bonds is 12. The summed E-state index contributed by atoms with van der Waals surface area (Å²) < 4.78 is 59.1. The van der Waals surface area contributed by atoms with E-state index < -0.39 is 43.9 Å². The molecule has 15 heteroatoms. The van der Waals surface area contributed by atoms with Crippen LogP contribution in [-0.2, 0) is 51.0 Å². The molecule has 0 N–H and O–H groups in total. The second-order valence-electron chi connectivity index (χ2n) is 13.8. The van der Waals surface area contributed by atoms with E-state index in [-0.39, 0.29) is 73.5 Å². The fourth-order valence-corrected chi connectivity index (χ4v) is 14.1. The monoisotopic (exact) mass is 866 g/mol. The van der Waals surface area contributed by atoms with Gasteiger partial charge in [-0.15, -0.1) is 0 Å². The van der Waals surface area contributed by atoms with Gasteiger partial charge in [-0.1, -0.05) is 0 Å². The van der Waals surface area contributed by atoms with Gasteiger partial charge in [-0.2, -0.15) is 0 Å². The molecule has 2 aromatic rings. The predicted molar refractivity (Wildman–Crippen MR) is 205 cm³/mol. The van der Waals surface area contributed by atoms with Gasteiger partial charge in [0.25, 0.3) is 0 Å². The first kappa shape index (κ1) is 39.8. The van der Waals surface area contributed by atoms with Crippen molar-refractivity contribution in [2.45, 2.75) is 79.1 Å². The van der Waals surface area contributed by atoms with Crippen molar-refractivity contribution < 1.29 is 43.9 Å². The van der Waals surface area contributed by atoms with Crippen LogP contribution in [-0.4, -0.2) is 89.4 Å². The summed E-state index contributed by atoms with van der Waals surface area (Å²) in [4.78, 5) is 59.7. The molecule has 4 aliphatic heterocycles. The third kappa shape index (κ3) is 7.20. The standard InChI is InChI=1S/C40H44N4O8.2FH.Sn/c1-21-25(9-13-37(45)49-5)33-18-31-23(3)26(10-14-38(46)50-6)34(43-31)19-32-24(4)28(12-16-40(48)52-8)36(44-32)20-35-27(11-15-39(47)51-7)22(2)30(42-35)17-29(21)41-33;;;/h17-20H,9-16H2,1-8H3;2*1H;/q-2;;;+4/p-2. The maximum atomic E-state index is 18.5. The van der Waals surface area contributed by atoms with Crippen LogP contribution in [0.25, 0.3) is 24.3 Å². The molecule has 6 rings (SSSR count). The van der Waals surface area contributed by atoms with Gasteiger partial charge in [0.05, 0.1) is 0 Å². The van der Waals surface area contributed by atoms with Crippen LogP contribution in [0.4, 0.5) is 5.73 Å². The first-order valence-corrected chi connectivity index (χ1v) is 22.7. The number of allylic oxidation sites excluding steroid dienone is 4. The summed E-state index contributed by atoms with van der Waals surface area (Å²) >= 11 is -7.00. The second-order valence-corrected chi connectivity index (χ2v) is 19.2. The van der Waals surface area contributed by atoms with Crippen molar-refractivity contribution in [3.63, 3.8) is 0 Å². The molecule has 0 saturated carbocycles. The molecule has 0 radical (unpaired) electrons. The Kier molecular flexibility index (Phi) is 11.4. The van der Waals surface area contributed by atoms with Gasteiger partial charge < -0.3 is 0 Å². The molecule has 290 valence electrons. The van der Waals surface area contributed by atoms with Crippen LogP contribution in [0.2, 0.25) is 0 Å². The Bertz CT molecular complexity index is 2370. The van der Waals surface area contributed by atoms with Gasteiger partial charge in [0.2, 0.25) is 0 Å². The number of fused-ring (bicyclic) bond motifs is 2. The normalized spacial score (nSPS) is 16.3. The van der Waals surface area contributed by atoms with Crippen molar-refractivity contribution in [3.8, 4) is 0 Å². The van der Waals surface area contributed by atoms with Gasteiger partial charge in [0.15, 0.2) is 0 Å². The van der Waals surface area contributed by atoms with E-state index in [1.807, 2.05) is 13.8 Å². The number of hydrogen-bond acceptors (Lipinski definition) is 10. The van der Waals surface area contributed by atoms with Crippen molar-refractivity contribution in [1.82, 2.24) is 5.58 Å². The average molecular weight is 866 g/mol. The van der Waals surface area contributed by atoms with E-state index in [1.165, 1.54) is 34.0 Å². The zero-order valence-electron chi connectivity index (χ0n) is 32.3. The van der Waals surface area contributed by atoms with E-state index in [0.717, 1.165) is 16.7 Å². The van der Waals surface area contributed by atoms with Crippen LogP contribution in [0.15, 0.2) is 43.7 Å². The number of ether oxygens (including phenoxy) is 4. The molecule has 6 bridgehead atoms. The van der Waals surface area contributed by atoms with Crippen LogP contribution in [0.3, 0.4) is 0 Å². The molecule has 6 heterocycles. The van der Waals surface area contributed by atoms with Crippen molar-refractivity contribution in [3.05, 3.63) is 78.0 Å². The number of esters is 4. The number of methoxy groups -OCH3 is 4. The predicted octanol–water partition coefficient (Wildman–Crippen LogP) is 4.61. The summed E-state index contributed by atoms with van der Waals surface area (Å²) in [5.41, 5.74) is 7.34. The van der Waals surface area contributed by atoms with E-state index >= 15 is 5.73 Å². The van der Waals surface area contributed by atoms with Crippen LogP contribution < -0.4 is 10.7 Å². The number of carbonyl (C=O) groups is 4. The van der Waals surface area contributed by atoms with Crippen molar-refractivity contribution >= 4 is 79.7 Å². The summed E-state index contributed by atoms with van der Waals surface area (Å²) in [5.74, 6) is -1.81. The first-order valence-electron chi connectivity index (χ1n) is 18.0. The molecule has 0 atom stereocenters. The number of aromatic nitrogens is 2. The second kappa shape index (κ2) is 15.7. The van der Waals surface area contributed by atoms with E-state index in [9.17, 15) is 19.2 Å². The average Bonchev–Trinajstić information content (AvgIpc) is 3.80. The number of aliphatic imine (C=N–C) groups is 2. The molecule has 0 aromatic carbocycles. The molecule has 0 aliphatic carbocycles. The molecule has 0 fully saturated rings. The van der Waals surface area contributed by atoms with Gasteiger partial charge >= 0.3 is 325 Å². The molecule has 2 aromatic heterocycles. The summed E-state index contributed by atoms with van der Waals surface area (Å²) in [6.07, 6.45) is 7.42. The number of nitrogens with zero attached hydrogens (tertiary/aromatic N) is 4. The quantitative estimate of drug-likeness (QED) is 0.172. The van der Waals surface area contributed by atoms with Gasteiger partial charge in [-0.3, -0.25) is 0 Å². The Labute approximate surface area is 323 Å². The Morgan fingerprint density at radius 3 is 1.45 bits per heavy atom. The van der Waals surface area contributed by atoms with Crippen molar-refractivity contribution in [2.75, 3.05) is 28.4 Å². The third-order valence-electron chi connectivity index (χ3n) is 10.9. The molecule has 12 nitrogen and oxygen atoms in total. The Morgan fingerprint density at radius 2 is 0.982 bits per heavy atom. The number of halogens is 2. The van der Waals surface area contributed by atoms with Crippen LogP contribution >= 0.6 is 0 Å². The molecular formula is C40H44F2N4O8Sn. The first-order chi connectivity index (χ1) is 26.2. The molecule has 55 heavy (non-hydrogen) atoms. The van der Waals surface area contributed by atoms with E-state index in [4.69, 9.17) is 28.9 Å². The van der Waals surface area contributed by atoms with E-state index in [2.05, 4.69) is 0 Å². The summed E-state index contributed by atoms with van der Waals surface area (Å²) in [6, 6.07) is 0.